The molecule has 8 nitrogen and oxygen atoms in total. The molecule has 0 heterocycles. The van der Waals surface area contributed by atoms with Crippen LogP contribution >= 0.6 is 13.4 Å². The van der Waals surface area contributed by atoms with E-state index in [1.165, 1.54) is 6.92 Å². The standard InChI is InChI=1S/C4H9NO.2H3O3PS/c1-3-5-4(2)6;2*1-4(2,3)5/h3H2,1-2H3,(H,5,6);2*(H3,1,2,3,5). The maximum absolute atomic E-state index is 9.93. The summed E-state index contributed by atoms with van der Waals surface area (Å²) < 4.78 is 0. The third-order valence-corrected chi connectivity index (χ3v) is 0.426. The van der Waals surface area contributed by atoms with E-state index in [-0.39, 0.29) is 5.91 Å². The van der Waals surface area contributed by atoms with Gasteiger partial charge >= 0.3 is 13.4 Å². The Kier molecular flexibility index (Phi) is 14.5. The molecule has 0 aliphatic carbocycles. The lowest BCUT2D eigenvalue weighted by Gasteiger charge is -1.88. The largest absolute Gasteiger partial charge is 0.357 e. The monoisotopic (exact) mass is 315 g/mol. The average molecular weight is 315 g/mol. The highest BCUT2D eigenvalue weighted by atomic mass is 32.5. The van der Waals surface area contributed by atoms with Crippen molar-refractivity contribution in [1.82, 2.24) is 5.32 Å². The van der Waals surface area contributed by atoms with E-state index in [1.54, 1.807) is 0 Å². The Morgan fingerprint density at radius 2 is 1.25 bits per heavy atom. The first-order valence-corrected chi connectivity index (χ1v) is 8.90. The first-order valence-electron chi connectivity index (χ1n) is 3.58. The van der Waals surface area contributed by atoms with E-state index in [4.69, 9.17) is 29.4 Å². The van der Waals surface area contributed by atoms with Crippen molar-refractivity contribution in [1.29, 1.82) is 0 Å². The van der Waals surface area contributed by atoms with Gasteiger partial charge in [-0.05, 0) is 30.5 Å². The molecule has 0 bridgehead atoms. The minimum Gasteiger partial charge on any atom is -0.357 e. The highest BCUT2D eigenvalue weighted by Crippen LogP contribution is 2.26. The Labute approximate surface area is 103 Å². The summed E-state index contributed by atoms with van der Waals surface area (Å²) in [7, 11) is 0. The zero-order valence-corrected chi connectivity index (χ0v) is 11.9. The predicted octanol–water partition coefficient (Wildman–Crippen LogP) is -1.48. The Balaban J connectivity index is -0.000000160. The smallest absolute Gasteiger partial charge is 0.319 e. The number of amides is 1. The molecule has 0 rings (SSSR count). The van der Waals surface area contributed by atoms with Crippen molar-refractivity contribution in [3.63, 3.8) is 0 Å². The molecule has 0 fully saturated rings. The molecular weight excluding hydrogens is 300 g/mol. The molecule has 0 saturated carbocycles. The topological polar surface area (TPSA) is 150 Å². The Morgan fingerprint density at radius 1 is 1.06 bits per heavy atom. The Bertz CT molecular complexity index is 237. The second-order valence-electron chi connectivity index (χ2n) is 2.11. The normalized spacial score (nSPS) is 10.2. The second-order valence-corrected chi connectivity index (χ2v) is 7.11. The number of hydrogen-bond acceptors (Lipinski definition) is 3. The summed E-state index contributed by atoms with van der Waals surface area (Å²) in [5.41, 5.74) is 0. The summed E-state index contributed by atoms with van der Waals surface area (Å²) in [6.45, 7) is -3.49. The van der Waals surface area contributed by atoms with Gasteiger partial charge in [0.25, 0.3) is 0 Å². The van der Waals surface area contributed by atoms with Crippen molar-refractivity contribution >= 4 is 43.0 Å². The van der Waals surface area contributed by atoms with E-state index in [0.29, 0.717) is 0 Å². The molecule has 0 unspecified atom stereocenters. The van der Waals surface area contributed by atoms with Crippen LogP contribution in [0.25, 0.3) is 0 Å². The first-order chi connectivity index (χ1) is 6.77. The van der Waals surface area contributed by atoms with Crippen molar-refractivity contribution in [2.24, 2.45) is 0 Å². The van der Waals surface area contributed by atoms with Crippen molar-refractivity contribution in [2.75, 3.05) is 6.54 Å². The summed E-state index contributed by atoms with van der Waals surface area (Å²) in [6.07, 6.45) is 0. The minimum absolute atomic E-state index is 0.0394. The van der Waals surface area contributed by atoms with Crippen LogP contribution in [0.3, 0.4) is 0 Å². The average Bonchev–Trinajstić information content (AvgIpc) is 1.76. The molecule has 12 heteroatoms. The van der Waals surface area contributed by atoms with Gasteiger partial charge in [0.2, 0.25) is 5.91 Å². The fourth-order valence-electron chi connectivity index (χ4n) is 0.249. The lowest BCUT2D eigenvalue weighted by Crippen LogP contribution is -2.18. The molecule has 0 atom stereocenters. The molecule has 0 spiro atoms. The minimum atomic E-state index is -3.81. The molecule has 0 aliphatic rings. The molecule has 0 aromatic carbocycles. The van der Waals surface area contributed by atoms with Crippen LogP contribution < -0.4 is 5.32 Å². The van der Waals surface area contributed by atoms with Crippen molar-refractivity contribution in [2.45, 2.75) is 13.8 Å². The van der Waals surface area contributed by atoms with Gasteiger partial charge in [-0.1, -0.05) is 0 Å². The SMILES string of the molecule is CCNC(C)=O.OP(O)(O)=S.OP(O)(O)=S. The summed E-state index contributed by atoms with van der Waals surface area (Å²) in [6, 6.07) is 0. The molecule has 0 aliphatic heterocycles. The van der Waals surface area contributed by atoms with Gasteiger partial charge in [-0.2, -0.15) is 0 Å². The maximum Gasteiger partial charge on any atom is 0.319 e. The van der Waals surface area contributed by atoms with Gasteiger partial charge < -0.3 is 34.7 Å². The predicted molar refractivity (Wildman–Crippen MR) is 66.2 cm³/mol. The zero-order valence-electron chi connectivity index (χ0n) is 8.51. The fraction of sp³-hybridized carbons (Fsp3) is 0.750. The van der Waals surface area contributed by atoms with Crippen LogP contribution in [0.4, 0.5) is 0 Å². The van der Waals surface area contributed by atoms with Gasteiger partial charge in [0.15, 0.2) is 0 Å². The van der Waals surface area contributed by atoms with Gasteiger partial charge in [0.05, 0.1) is 0 Å². The molecule has 0 aromatic heterocycles. The van der Waals surface area contributed by atoms with E-state index in [9.17, 15) is 4.79 Å². The van der Waals surface area contributed by atoms with Crippen LogP contribution in [-0.2, 0) is 28.4 Å². The number of rotatable bonds is 1. The van der Waals surface area contributed by atoms with E-state index < -0.39 is 13.4 Å². The maximum atomic E-state index is 9.93. The Hall–Kier alpha value is 0.530. The zero-order chi connectivity index (χ0) is 14.0. The molecule has 16 heavy (non-hydrogen) atoms. The van der Waals surface area contributed by atoms with E-state index in [0.717, 1.165) is 6.54 Å². The fourth-order valence-corrected chi connectivity index (χ4v) is 0.249. The highest BCUT2D eigenvalue weighted by Gasteiger charge is 1.92. The number of nitrogens with one attached hydrogen (secondary N) is 1. The van der Waals surface area contributed by atoms with E-state index >= 15 is 0 Å². The third kappa shape index (κ3) is 213. The molecule has 0 saturated heterocycles. The van der Waals surface area contributed by atoms with Gasteiger partial charge in [-0.15, -0.1) is 0 Å². The summed E-state index contributed by atoms with van der Waals surface area (Å²) in [5, 5.41) is 2.57. The first kappa shape index (κ1) is 21.8. The van der Waals surface area contributed by atoms with Crippen molar-refractivity contribution in [3.8, 4) is 0 Å². The lowest BCUT2D eigenvalue weighted by atomic mass is 10.6. The van der Waals surface area contributed by atoms with Crippen LogP contribution in [0.2, 0.25) is 0 Å². The lowest BCUT2D eigenvalue weighted by molar-refractivity contribution is -0.118. The van der Waals surface area contributed by atoms with E-state index in [1.807, 2.05) is 6.92 Å². The number of carbonyl (C=O) groups excluding carboxylic acids is 1. The molecule has 0 radical (unpaired) electrons. The molecule has 0 aromatic rings. The van der Waals surface area contributed by atoms with Gasteiger partial charge in [0, 0.05) is 13.5 Å². The summed E-state index contributed by atoms with van der Waals surface area (Å²) in [5.74, 6) is 0.0394. The van der Waals surface area contributed by atoms with Crippen molar-refractivity contribution in [3.05, 3.63) is 0 Å². The Morgan fingerprint density at radius 3 is 1.25 bits per heavy atom. The highest BCUT2D eigenvalue weighted by molar-refractivity contribution is 8.06. The van der Waals surface area contributed by atoms with Crippen LogP contribution in [0.15, 0.2) is 0 Å². The molecule has 100 valence electrons. The number of carbonyl (C=O) groups is 1. The summed E-state index contributed by atoms with van der Waals surface area (Å²) in [4.78, 5) is 55.3. The molecular formula is C4H15NO7P2S2. The second kappa shape index (κ2) is 10.7. The van der Waals surface area contributed by atoms with Gasteiger partial charge in [-0.3, -0.25) is 4.79 Å². The van der Waals surface area contributed by atoms with Crippen LogP contribution in [0.1, 0.15) is 13.8 Å². The molecule has 7 N–H and O–H groups in total. The quantitative estimate of drug-likeness (QED) is 0.287. The van der Waals surface area contributed by atoms with Crippen LogP contribution in [-0.4, -0.2) is 41.8 Å². The third-order valence-electron chi connectivity index (χ3n) is 0.426. The van der Waals surface area contributed by atoms with Gasteiger partial charge in [0.1, 0.15) is 0 Å². The molecule has 1 amide bonds. The van der Waals surface area contributed by atoms with E-state index in [2.05, 4.69) is 28.9 Å². The van der Waals surface area contributed by atoms with Crippen LogP contribution in [0, 0.1) is 0 Å². The van der Waals surface area contributed by atoms with Crippen LogP contribution in [0.5, 0.6) is 0 Å². The summed E-state index contributed by atoms with van der Waals surface area (Å²) >= 11 is 7.21. The van der Waals surface area contributed by atoms with Crippen molar-refractivity contribution < 1.29 is 34.2 Å². The van der Waals surface area contributed by atoms with Gasteiger partial charge in [-0.25, -0.2) is 0 Å². The number of hydrogen-bond donors (Lipinski definition) is 7.